The van der Waals surface area contributed by atoms with E-state index in [-0.39, 0.29) is 24.2 Å². The van der Waals surface area contributed by atoms with Gasteiger partial charge in [-0.15, -0.1) is 0 Å². The van der Waals surface area contributed by atoms with E-state index in [1.54, 1.807) is 30.3 Å². The van der Waals surface area contributed by atoms with E-state index < -0.39 is 36.3 Å². The number of carbonyl (C=O) groups is 4. The van der Waals surface area contributed by atoms with Gasteiger partial charge in [-0.1, -0.05) is 17.7 Å². The van der Waals surface area contributed by atoms with Crippen LogP contribution < -0.4 is 15.4 Å². The zero-order chi connectivity index (χ0) is 23.3. The maximum atomic E-state index is 13.2. The minimum Gasteiger partial charge on any atom is -0.496 e. The van der Waals surface area contributed by atoms with Gasteiger partial charge < -0.3 is 20.1 Å². The Labute approximate surface area is 189 Å². The van der Waals surface area contributed by atoms with E-state index in [2.05, 4.69) is 15.4 Å². The molecule has 9 nitrogen and oxygen atoms in total. The highest BCUT2D eigenvalue weighted by molar-refractivity contribution is 6.30. The zero-order valence-electron chi connectivity index (χ0n) is 17.5. The van der Waals surface area contributed by atoms with Gasteiger partial charge in [-0.3, -0.25) is 14.5 Å². The molecule has 2 aromatic carbocycles. The summed E-state index contributed by atoms with van der Waals surface area (Å²) in [4.78, 5) is 50.7. The Balaban J connectivity index is 1.80. The highest BCUT2D eigenvalue weighted by atomic mass is 35.5. The van der Waals surface area contributed by atoms with Crippen LogP contribution in [0.25, 0.3) is 0 Å². The van der Waals surface area contributed by atoms with Crippen LogP contribution in [0.1, 0.15) is 15.9 Å². The molecule has 1 saturated heterocycles. The smallest absolute Gasteiger partial charge is 0.337 e. The number of benzene rings is 2. The van der Waals surface area contributed by atoms with Crippen molar-refractivity contribution in [3.8, 4) is 5.75 Å². The fourth-order valence-electron chi connectivity index (χ4n) is 3.36. The summed E-state index contributed by atoms with van der Waals surface area (Å²) in [6.45, 7) is -0.362. The molecule has 1 aliphatic rings. The van der Waals surface area contributed by atoms with Crippen molar-refractivity contribution in [1.82, 2.24) is 10.2 Å². The van der Waals surface area contributed by atoms with E-state index in [9.17, 15) is 19.2 Å². The van der Waals surface area contributed by atoms with Crippen LogP contribution in [0, 0.1) is 5.92 Å². The molecule has 2 N–H and O–H groups in total. The van der Waals surface area contributed by atoms with Gasteiger partial charge in [-0.05, 0) is 48.4 Å². The summed E-state index contributed by atoms with van der Waals surface area (Å²) in [5.74, 6) is -1.71. The molecule has 168 valence electrons. The molecule has 10 heteroatoms. The van der Waals surface area contributed by atoms with Gasteiger partial charge in [0.05, 0.1) is 25.7 Å². The molecule has 1 heterocycles. The van der Waals surface area contributed by atoms with Crippen molar-refractivity contribution in [2.75, 3.05) is 32.6 Å². The Morgan fingerprint density at radius 3 is 2.69 bits per heavy atom. The fraction of sp³-hybridized carbons (Fsp3) is 0.273. The van der Waals surface area contributed by atoms with E-state index in [1.807, 2.05) is 0 Å². The summed E-state index contributed by atoms with van der Waals surface area (Å²) in [5.41, 5.74) is 1.19. The molecule has 32 heavy (non-hydrogen) atoms. The molecule has 0 aromatic heterocycles. The van der Waals surface area contributed by atoms with E-state index in [0.29, 0.717) is 16.3 Å². The van der Waals surface area contributed by atoms with Crippen LogP contribution in [0.4, 0.5) is 10.5 Å². The Morgan fingerprint density at radius 2 is 1.97 bits per heavy atom. The van der Waals surface area contributed by atoms with Crippen LogP contribution in [0.3, 0.4) is 0 Å². The van der Waals surface area contributed by atoms with Gasteiger partial charge in [0.25, 0.3) is 0 Å². The monoisotopic (exact) mass is 459 g/mol. The van der Waals surface area contributed by atoms with Crippen LogP contribution in [0.2, 0.25) is 5.02 Å². The second kappa shape index (κ2) is 10.1. The molecular formula is C22H22ClN3O6. The highest BCUT2D eigenvalue weighted by Crippen LogP contribution is 2.26. The predicted octanol–water partition coefficient (Wildman–Crippen LogP) is 2.48. The lowest BCUT2D eigenvalue weighted by Crippen LogP contribution is -2.44. The maximum absolute atomic E-state index is 13.2. The van der Waals surface area contributed by atoms with Crippen molar-refractivity contribution in [3.05, 3.63) is 58.6 Å². The number of halogens is 1. The Bertz CT molecular complexity index is 1060. The number of anilines is 1. The highest BCUT2D eigenvalue weighted by Gasteiger charge is 2.34. The Hall–Kier alpha value is -3.59. The predicted molar refractivity (Wildman–Crippen MR) is 117 cm³/mol. The summed E-state index contributed by atoms with van der Waals surface area (Å²) in [6, 6.07) is 10.3. The van der Waals surface area contributed by atoms with Crippen LogP contribution in [0.5, 0.6) is 5.75 Å². The number of urea groups is 1. The number of carbonyl (C=O) groups excluding carboxylic acids is 4. The van der Waals surface area contributed by atoms with Crippen molar-refractivity contribution < 1.29 is 28.7 Å². The summed E-state index contributed by atoms with van der Waals surface area (Å²) in [6.07, 6.45) is 0.213. The van der Waals surface area contributed by atoms with Crippen LogP contribution in [-0.4, -0.2) is 56.0 Å². The number of methoxy groups -OCH3 is 2. The second-order valence-electron chi connectivity index (χ2n) is 7.09. The molecule has 0 bridgehead atoms. The van der Waals surface area contributed by atoms with Crippen molar-refractivity contribution in [2.45, 2.75) is 6.42 Å². The number of amides is 4. The molecule has 0 aliphatic carbocycles. The largest absolute Gasteiger partial charge is 0.496 e. The molecule has 1 aliphatic heterocycles. The van der Waals surface area contributed by atoms with Crippen molar-refractivity contribution in [2.24, 2.45) is 5.92 Å². The number of nitrogens with zero attached hydrogens (tertiary/aromatic N) is 1. The molecule has 1 fully saturated rings. The third-order valence-electron chi connectivity index (χ3n) is 4.95. The fourth-order valence-corrected chi connectivity index (χ4v) is 3.55. The van der Waals surface area contributed by atoms with Crippen molar-refractivity contribution in [1.29, 1.82) is 0 Å². The first-order chi connectivity index (χ1) is 15.3. The molecule has 0 radical (unpaired) electrons. The lowest BCUT2D eigenvalue weighted by Gasteiger charge is -2.22. The van der Waals surface area contributed by atoms with Gasteiger partial charge in [0.1, 0.15) is 12.3 Å². The SMILES string of the molecule is COC(=O)c1cccc(NC(=O)N2CC(=O)NCC(Cc3cc(Cl)ccc3OC)C2=O)c1. The van der Waals surface area contributed by atoms with E-state index in [0.717, 1.165) is 4.90 Å². The lowest BCUT2D eigenvalue weighted by molar-refractivity contribution is -0.133. The van der Waals surface area contributed by atoms with Crippen LogP contribution in [0.15, 0.2) is 42.5 Å². The number of esters is 1. The second-order valence-corrected chi connectivity index (χ2v) is 7.52. The number of ether oxygens (including phenoxy) is 2. The zero-order valence-corrected chi connectivity index (χ0v) is 18.3. The molecule has 1 unspecified atom stereocenters. The first-order valence-corrected chi connectivity index (χ1v) is 10.1. The maximum Gasteiger partial charge on any atom is 0.337 e. The first kappa shape index (κ1) is 23.1. The van der Waals surface area contributed by atoms with Crippen molar-refractivity contribution in [3.63, 3.8) is 0 Å². The average molecular weight is 460 g/mol. The molecular weight excluding hydrogens is 438 g/mol. The summed E-state index contributed by atoms with van der Waals surface area (Å²) >= 11 is 6.08. The number of imide groups is 1. The third-order valence-corrected chi connectivity index (χ3v) is 5.19. The quantitative estimate of drug-likeness (QED) is 0.664. The number of hydrogen-bond donors (Lipinski definition) is 2. The molecule has 0 spiro atoms. The molecule has 2 aromatic rings. The number of rotatable bonds is 5. The van der Waals surface area contributed by atoms with Crippen LogP contribution >= 0.6 is 11.6 Å². The number of nitrogens with one attached hydrogen (secondary N) is 2. The van der Waals surface area contributed by atoms with Crippen molar-refractivity contribution >= 4 is 41.1 Å². The summed E-state index contributed by atoms with van der Waals surface area (Å²) < 4.78 is 10.0. The minimum absolute atomic E-state index is 0.0644. The van der Waals surface area contributed by atoms with Gasteiger partial charge in [0, 0.05) is 17.3 Å². The molecule has 3 rings (SSSR count). The molecule has 0 saturated carbocycles. The van der Waals surface area contributed by atoms with Gasteiger partial charge in [0.15, 0.2) is 0 Å². The Morgan fingerprint density at radius 1 is 1.19 bits per heavy atom. The normalized spacial score (nSPS) is 16.1. The van der Waals surface area contributed by atoms with Gasteiger partial charge in [-0.2, -0.15) is 0 Å². The van der Waals surface area contributed by atoms with E-state index in [1.165, 1.54) is 26.4 Å². The van der Waals surface area contributed by atoms with Gasteiger partial charge in [0.2, 0.25) is 11.8 Å². The summed E-state index contributed by atoms with van der Waals surface area (Å²) in [5, 5.41) is 5.70. The van der Waals surface area contributed by atoms with Gasteiger partial charge >= 0.3 is 12.0 Å². The van der Waals surface area contributed by atoms with Gasteiger partial charge in [-0.25, -0.2) is 9.59 Å². The average Bonchev–Trinajstić information content (AvgIpc) is 2.92. The third kappa shape index (κ3) is 5.36. The first-order valence-electron chi connectivity index (χ1n) is 9.72. The van der Waals surface area contributed by atoms with E-state index in [4.69, 9.17) is 16.3 Å². The molecule has 4 amide bonds. The summed E-state index contributed by atoms with van der Waals surface area (Å²) in [7, 11) is 2.75. The lowest BCUT2D eigenvalue weighted by atomic mass is 9.97. The molecule has 1 atom stereocenters. The topological polar surface area (TPSA) is 114 Å². The minimum atomic E-state index is -0.780. The van der Waals surface area contributed by atoms with E-state index >= 15 is 0 Å². The van der Waals surface area contributed by atoms with Crippen LogP contribution in [-0.2, 0) is 20.7 Å². The number of hydrogen-bond acceptors (Lipinski definition) is 6. The Kier molecular flexibility index (Phi) is 7.32. The standard InChI is InChI=1S/C22H22ClN3O6/c1-31-18-7-6-16(23)9-14(18)8-15-11-24-19(27)12-26(20(15)28)22(30)25-17-5-3-4-13(10-17)21(29)32-2/h3-7,9-10,15H,8,11-12H2,1-2H3,(H,24,27)(H,25,30).